The lowest BCUT2D eigenvalue weighted by Gasteiger charge is -2.18. The van der Waals surface area contributed by atoms with Crippen molar-refractivity contribution in [2.45, 2.75) is 40.8 Å². The van der Waals surface area contributed by atoms with Gasteiger partial charge in [-0.3, -0.25) is 10.2 Å². The third-order valence-corrected chi connectivity index (χ3v) is 5.50. The number of nitrogens with one attached hydrogen (secondary N) is 1. The van der Waals surface area contributed by atoms with Crippen molar-refractivity contribution < 1.29 is 4.79 Å². The summed E-state index contributed by atoms with van der Waals surface area (Å²) in [6, 6.07) is 14.0. The highest BCUT2D eigenvalue weighted by Crippen LogP contribution is 2.16. The van der Waals surface area contributed by atoms with E-state index in [9.17, 15) is 4.79 Å². The second-order valence-electron chi connectivity index (χ2n) is 7.32. The zero-order valence-corrected chi connectivity index (χ0v) is 17.3. The summed E-state index contributed by atoms with van der Waals surface area (Å²) < 4.78 is 3.85. The van der Waals surface area contributed by atoms with E-state index in [1.165, 1.54) is 0 Å². The molecule has 1 N–H and O–H groups in total. The Labute approximate surface area is 166 Å². The van der Waals surface area contributed by atoms with Gasteiger partial charge in [0, 0.05) is 18.7 Å². The van der Waals surface area contributed by atoms with Crippen LogP contribution in [-0.4, -0.2) is 39.5 Å². The van der Waals surface area contributed by atoms with Crippen molar-refractivity contribution in [3.63, 3.8) is 0 Å². The molecule has 5 nitrogen and oxygen atoms in total. The first-order valence-corrected chi connectivity index (χ1v) is 10.0. The van der Waals surface area contributed by atoms with Gasteiger partial charge in [-0.25, -0.2) is 0 Å². The summed E-state index contributed by atoms with van der Waals surface area (Å²) >= 11 is 0. The van der Waals surface area contributed by atoms with Crippen LogP contribution in [0.1, 0.15) is 35.3 Å². The Kier molecular flexibility index (Phi) is 6.15. The number of ketones is 1. The number of hydrogen-bond acceptors (Lipinski definition) is 3. The van der Waals surface area contributed by atoms with Gasteiger partial charge < -0.3 is 14.0 Å². The van der Waals surface area contributed by atoms with Crippen LogP contribution in [0.2, 0.25) is 0 Å². The number of benzene rings is 2. The Morgan fingerprint density at radius 1 is 1.00 bits per heavy atom. The second kappa shape index (κ2) is 8.57. The van der Waals surface area contributed by atoms with E-state index < -0.39 is 0 Å². The molecule has 0 saturated carbocycles. The molecule has 0 spiro atoms. The third-order valence-electron chi connectivity index (χ3n) is 5.50. The molecule has 0 aliphatic carbocycles. The van der Waals surface area contributed by atoms with Crippen LogP contribution in [0, 0.1) is 19.3 Å². The molecule has 5 heteroatoms. The molecular weight excluding hydrogens is 348 g/mol. The summed E-state index contributed by atoms with van der Waals surface area (Å²) in [6.07, 6.45) is 0. The Morgan fingerprint density at radius 3 is 2.29 bits per heavy atom. The Hall–Kier alpha value is -2.66. The molecule has 0 radical (unpaired) electrons. The van der Waals surface area contributed by atoms with E-state index in [1.54, 1.807) is 0 Å². The van der Waals surface area contributed by atoms with Crippen LogP contribution in [0.3, 0.4) is 0 Å². The molecule has 0 aliphatic rings. The smallest absolute Gasteiger partial charge is 0.203 e. The minimum absolute atomic E-state index is 0.0475. The highest BCUT2D eigenvalue weighted by atomic mass is 16.1. The number of Topliss-reactive ketones (excluding diaryl/α,β-unsaturated/α-hetero) is 1. The van der Waals surface area contributed by atoms with Gasteiger partial charge in [0.2, 0.25) is 5.62 Å². The number of aryl methyl sites for hydroxylation is 2. The Morgan fingerprint density at radius 2 is 1.64 bits per heavy atom. The van der Waals surface area contributed by atoms with Crippen molar-refractivity contribution in [1.29, 1.82) is 5.41 Å². The first kappa shape index (κ1) is 20.1. The molecule has 0 aliphatic heterocycles. The number of carbonyl (C=O) groups is 1. The van der Waals surface area contributed by atoms with Crippen molar-refractivity contribution in [1.82, 2.24) is 14.0 Å². The fraction of sp³-hybridized carbons (Fsp3) is 0.391. The minimum atomic E-state index is 0.0475. The number of nitrogens with zero attached hydrogens (tertiary/aromatic N) is 3. The maximum atomic E-state index is 13.0. The molecule has 2 aromatic carbocycles. The molecule has 0 amide bonds. The van der Waals surface area contributed by atoms with E-state index >= 15 is 0 Å². The molecule has 148 valence electrons. The number of rotatable bonds is 8. The average Bonchev–Trinajstić information content (AvgIpc) is 2.96. The zero-order chi connectivity index (χ0) is 20.3. The summed E-state index contributed by atoms with van der Waals surface area (Å²) in [5.74, 6) is 0.0475. The third kappa shape index (κ3) is 3.94. The predicted molar refractivity (Wildman–Crippen MR) is 114 cm³/mol. The summed E-state index contributed by atoms with van der Waals surface area (Å²) in [5, 5.41) is 8.74. The van der Waals surface area contributed by atoms with E-state index in [4.69, 9.17) is 5.41 Å². The summed E-state index contributed by atoms with van der Waals surface area (Å²) in [4.78, 5) is 15.4. The number of para-hydroxylation sites is 2. The van der Waals surface area contributed by atoms with Crippen molar-refractivity contribution in [2.75, 3.05) is 19.6 Å². The monoisotopic (exact) mass is 378 g/mol. The van der Waals surface area contributed by atoms with Crippen LogP contribution in [0.4, 0.5) is 0 Å². The van der Waals surface area contributed by atoms with Gasteiger partial charge in [0.15, 0.2) is 5.78 Å². The molecule has 1 heterocycles. The van der Waals surface area contributed by atoms with Crippen LogP contribution in [0.25, 0.3) is 11.0 Å². The minimum Gasteiger partial charge on any atom is -0.309 e. The maximum Gasteiger partial charge on any atom is 0.203 e. The molecule has 3 aromatic rings. The van der Waals surface area contributed by atoms with Crippen molar-refractivity contribution in [3.05, 3.63) is 64.8 Å². The zero-order valence-electron chi connectivity index (χ0n) is 17.3. The second-order valence-corrected chi connectivity index (χ2v) is 7.32. The van der Waals surface area contributed by atoms with Crippen molar-refractivity contribution in [3.8, 4) is 0 Å². The van der Waals surface area contributed by atoms with Crippen LogP contribution in [0.15, 0.2) is 42.5 Å². The van der Waals surface area contributed by atoms with Gasteiger partial charge in [0.1, 0.15) is 0 Å². The molecular formula is C23H30N4O. The lowest BCUT2D eigenvalue weighted by Crippen LogP contribution is -2.32. The lowest BCUT2D eigenvalue weighted by molar-refractivity contribution is 0.0970. The van der Waals surface area contributed by atoms with Crippen molar-refractivity contribution >= 4 is 16.8 Å². The number of hydrogen-bond donors (Lipinski definition) is 1. The van der Waals surface area contributed by atoms with Gasteiger partial charge in [0.05, 0.1) is 17.6 Å². The Balaban J connectivity index is 1.97. The number of aromatic nitrogens is 2. The van der Waals surface area contributed by atoms with E-state index in [0.717, 1.165) is 53.9 Å². The van der Waals surface area contributed by atoms with Crippen LogP contribution in [-0.2, 0) is 13.1 Å². The van der Waals surface area contributed by atoms with Gasteiger partial charge in [-0.2, -0.15) is 0 Å². The van der Waals surface area contributed by atoms with Gasteiger partial charge in [-0.05, 0) is 50.7 Å². The predicted octanol–water partition coefficient (Wildman–Crippen LogP) is 3.76. The molecule has 0 atom stereocenters. The van der Waals surface area contributed by atoms with Crippen LogP contribution >= 0.6 is 0 Å². The molecule has 0 bridgehead atoms. The highest BCUT2D eigenvalue weighted by molar-refractivity contribution is 5.98. The summed E-state index contributed by atoms with van der Waals surface area (Å²) in [5.41, 5.74) is 5.12. The molecule has 28 heavy (non-hydrogen) atoms. The molecule has 0 saturated heterocycles. The summed E-state index contributed by atoms with van der Waals surface area (Å²) in [6.45, 7) is 12.1. The number of likely N-dealkylation sites (N-methyl/N-ethyl adjacent to an activating group) is 1. The molecule has 0 unspecified atom stereocenters. The first-order chi connectivity index (χ1) is 13.5. The number of imidazole rings is 1. The number of fused-ring (bicyclic) bond motifs is 1. The van der Waals surface area contributed by atoms with Gasteiger partial charge in [-0.1, -0.05) is 43.7 Å². The Bertz CT molecular complexity index is 1040. The number of carbonyl (C=O) groups excluding carboxylic acids is 1. The topological polar surface area (TPSA) is 54.0 Å². The van der Waals surface area contributed by atoms with Gasteiger partial charge in [-0.15, -0.1) is 0 Å². The van der Waals surface area contributed by atoms with E-state index in [1.807, 2.05) is 65.4 Å². The van der Waals surface area contributed by atoms with E-state index in [-0.39, 0.29) is 12.3 Å². The highest BCUT2D eigenvalue weighted by Gasteiger charge is 2.16. The molecule has 1 aromatic heterocycles. The summed E-state index contributed by atoms with van der Waals surface area (Å²) in [7, 11) is 0. The largest absolute Gasteiger partial charge is 0.309 e. The normalized spacial score (nSPS) is 11.5. The van der Waals surface area contributed by atoms with E-state index in [2.05, 4.69) is 18.7 Å². The fourth-order valence-electron chi connectivity index (χ4n) is 3.73. The standard InChI is InChI=1S/C23H30N4O/c1-5-25(6-2)13-14-26-20-9-7-8-10-21(20)27(23(26)24)16-22(28)19-15-17(3)11-12-18(19)4/h7-12,15,24H,5-6,13-14,16H2,1-4H3. The van der Waals surface area contributed by atoms with Gasteiger partial charge in [0.25, 0.3) is 0 Å². The maximum absolute atomic E-state index is 13.0. The lowest BCUT2D eigenvalue weighted by atomic mass is 10.0. The molecule has 3 rings (SSSR count). The van der Waals surface area contributed by atoms with Crippen molar-refractivity contribution in [2.24, 2.45) is 0 Å². The average molecular weight is 379 g/mol. The first-order valence-electron chi connectivity index (χ1n) is 10.0. The molecule has 0 fully saturated rings. The van der Waals surface area contributed by atoms with E-state index in [0.29, 0.717) is 5.62 Å². The SMILES string of the molecule is CCN(CC)CCn1c(=N)n(CC(=O)c2cc(C)ccc2C)c2ccccc21. The van der Waals surface area contributed by atoms with Gasteiger partial charge >= 0.3 is 0 Å². The van der Waals surface area contributed by atoms with Crippen LogP contribution in [0.5, 0.6) is 0 Å². The quantitative estimate of drug-likeness (QED) is 0.607. The fourth-order valence-corrected chi connectivity index (χ4v) is 3.73. The van der Waals surface area contributed by atoms with Crippen LogP contribution < -0.4 is 5.62 Å².